The molecule has 3 rings (SSSR count). The third-order valence-electron chi connectivity index (χ3n) is 3.93. The van der Waals surface area contributed by atoms with Crippen LogP contribution in [0.1, 0.15) is 12.8 Å². The predicted molar refractivity (Wildman–Crippen MR) is 61.6 cm³/mol. The van der Waals surface area contributed by atoms with Crippen molar-refractivity contribution >= 4 is 0 Å². The van der Waals surface area contributed by atoms with Crippen LogP contribution in [0, 0.1) is 17.8 Å². The highest BCUT2D eigenvalue weighted by molar-refractivity contribution is 5.28. The maximum Gasteiger partial charge on any atom is 0.111 e. The first-order chi connectivity index (χ1) is 7.75. The van der Waals surface area contributed by atoms with Crippen molar-refractivity contribution in [2.45, 2.75) is 18.9 Å². The van der Waals surface area contributed by atoms with Crippen molar-refractivity contribution in [3.05, 3.63) is 35.8 Å². The van der Waals surface area contributed by atoms with E-state index in [4.69, 9.17) is 0 Å². The van der Waals surface area contributed by atoms with E-state index >= 15 is 0 Å². The number of allylic oxidation sites excluding steroid dienone is 3. The van der Waals surface area contributed by atoms with Gasteiger partial charge in [-0.3, -0.25) is 0 Å². The van der Waals surface area contributed by atoms with Crippen LogP contribution in [-0.2, 0) is 0 Å². The molecule has 0 amide bonds. The van der Waals surface area contributed by atoms with Gasteiger partial charge in [0.2, 0.25) is 0 Å². The van der Waals surface area contributed by atoms with Crippen molar-refractivity contribution in [2.75, 3.05) is 6.54 Å². The van der Waals surface area contributed by atoms with Crippen LogP contribution in [0.3, 0.4) is 0 Å². The molecule has 2 aliphatic carbocycles. The molecule has 0 spiro atoms. The van der Waals surface area contributed by atoms with Gasteiger partial charge in [0, 0.05) is 24.1 Å². The Hall–Kier alpha value is -1.22. The van der Waals surface area contributed by atoms with E-state index in [2.05, 4.69) is 11.4 Å². The second kappa shape index (κ2) is 3.67. The van der Waals surface area contributed by atoms with Crippen molar-refractivity contribution < 1.29 is 10.2 Å². The molecule has 1 aliphatic heterocycles. The lowest BCUT2D eigenvalue weighted by Gasteiger charge is -2.43. The van der Waals surface area contributed by atoms with Gasteiger partial charge in [-0.25, -0.2) is 0 Å². The third kappa shape index (κ3) is 1.47. The van der Waals surface area contributed by atoms with Crippen LogP contribution >= 0.6 is 0 Å². The van der Waals surface area contributed by atoms with E-state index in [9.17, 15) is 10.2 Å². The molecule has 0 radical (unpaired) electrons. The minimum Gasteiger partial charge on any atom is -0.508 e. The van der Waals surface area contributed by atoms with Gasteiger partial charge in [0.1, 0.15) is 5.76 Å². The molecular weight excluding hydrogens is 202 g/mol. The van der Waals surface area contributed by atoms with Crippen LogP contribution in [0.5, 0.6) is 0 Å². The van der Waals surface area contributed by atoms with Gasteiger partial charge in [-0.1, -0.05) is 12.2 Å². The predicted octanol–water partition coefficient (Wildman–Crippen LogP) is 1.49. The van der Waals surface area contributed by atoms with E-state index in [0.717, 1.165) is 19.4 Å². The first kappa shape index (κ1) is 9.97. The van der Waals surface area contributed by atoms with Crippen molar-refractivity contribution in [1.29, 1.82) is 0 Å². The van der Waals surface area contributed by atoms with E-state index in [1.807, 2.05) is 12.2 Å². The molecule has 3 nitrogen and oxygen atoms in total. The molecular formula is C13H17NO2. The smallest absolute Gasteiger partial charge is 0.111 e. The van der Waals surface area contributed by atoms with E-state index in [1.54, 1.807) is 6.08 Å². The fraction of sp³-hybridized carbons (Fsp3) is 0.538. The number of nitrogens with one attached hydrogen (secondary N) is 1. The van der Waals surface area contributed by atoms with Gasteiger partial charge in [-0.05, 0) is 30.9 Å². The lowest BCUT2D eigenvalue weighted by atomic mass is 9.69. The van der Waals surface area contributed by atoms with Crippen LogP contribution in [0.15, 0.2) is 35.8 Å². The fourth-order valence-corrected chi connectivity index (χ4v) is 3.12. The first-order valence-corrected chi connectivity index (χ1v) is 5.96. The second-order valence-corrected chi connectivity index (χ2v) is 4.90. The quantitative estimate of drug-likeness (QED) is 0.578. The van der Waals surface area contributed by atoms with E-state index in [-0.39, 0.29) is 17.9 Å². The summed E-state index contributed by atoms with van der Waals surface area (Å²) in [7, 11) is 0. The average Bonchev–Trinajstić information content (AvgIpc) is 2.28. The summed E-state index contributed by atoms with van der Waals surface area (Å²) in [6.45, 7) is 0.903. The summed E-state index contributed by atoms with van der Waals surface area (Å²) >= 11 is 0. The third-order valence-corrected chi connectivity index (χ3v) is 3.93. The maximum atomic E-state index is 10.1. The molecule has 1 fully saturated rings. The molecule has 0 aromatic heterocycles. The second-order valence-electron chi connectivity index (χ2n) is 4.90. The Bertz CT molecular complexity index is 383. The first-order valence-electron chi connectivity index (χ1n) is 5.96. The number of rotatable bonds is 0. The minimum atomic E-state index is -0.282. The number of aliphatic hydroxyl groups excluding tert-OH is 2. The molecule has 0 aromatic carbocycles. The Balaban J connectivity index is 1.95. The number of hydrogen-bond acceptors (Lipinski definition) is 3. The molecule has 0 bridgehead atoms. The number of hydrogen-bond donors (Lipinski definition) is 3. The van der Waals surface area contributed by atoms with E-state index < -0.39 is 0 Å². The zero-order valence-corrected chi connectivity index (χ0v) is 9.13. The molecule has 3 N–H and O–H groups in total. The molecule has 1 heterocycles. The summed E-state index contributed by atoms with van der Waals surface area (Å²) in [5.41, 5.74) is 1.17. The van der Waals surface area contributed by atoms with Crippen LogP contribution < -0.4 is 5.32 Å². The monoisotopic (exact) mass is 219 g/mol. The summed E-state index contributed by atoms with van der Waals surface area (Å²) in [6.07, 6.45) is 9.39. The normalized spacial score (nSPS) is 41.3. The Morgan fingerprint density at radius 1 is 1.38 bits per heavy atom. The molecule has 4 atom stereocenters. The molecule has 16 heavy (non-hydrogen) atoms. The van der Waals surface area contributed by atoms with Crippen LogP contribution in [0.2, 0.25) is 0 Å². The molecule has 0 aromatic rings. The molecule has 3 aliphatic rings. The van der Waals surface area contributed by atoms with Crippen LogP contribution in [0.25, 0.3) is 0 Å². The van der Waals surface area contributed by atoms with E-state index in [0.29, 0.717) is 11.7 Å². The molecule has 1 saturated heterocycles. The summed E-state index contributed by atoms with van der Waals surface area (Å²) in [4.78, 5) is 0. The largest absolute Gasteiger partial charge is 0.508 e. The van der Waals surface area contributed by atoms with Crippen LogP contribution in [-0.4, -0.2) is 22.9 Å². The van der Waals surface area contributed by atoms with Crippen molar-refractivity contribution in [3.63, 3.8) is 0 Å². The number of fused-ring (bicyclic) bond motifs is 3. The highest BCUT2D eigenvalue weighted by Gasteiger charge is 2.40. The number of piperidine rings is 1. The zero-order valence-electron chi connectivity index (χ0n) is 9.13. The fourth-order valence-electron chi connectivity index (χ4n) is 3.12. The van der Waals surface area contributed by atoms with Gasteiger partial charge >= 0.3 is 0 Å². The molecule has 3 heteroatoms. The Kier molecular flexibility index (Phi) is 2.28. The van der Waals surface area contributed by atoms with Gasteiger partial charge in [-0.15, -0.1) is 0 Å². The lowest BCUT2D eigenvalue weighted by Crippen LogP contribution is -2.47. The number of aliphatic hydroxyl groups is 2. The standard InChI is InChI=1S/C13H17NO2/c15-9-5-4-8-7-14-11-2-1-3-12(16)13(11)10(8)6-9/h2,4-6,8,10,12-16H,1,3,7H2. The summed E-state index contributed by atoms with van der Waals surface area (Å²) in [6, 6.07) is 0. The summed E-state index contributed by atoms with van der Waals surface area (Å²) < 4.78 is 0. The highest BCUT2D eigenvalue weighted by atomic mass is 16.3. The Morgan fingerprint density at radius 3 is 3.12 bits per heavy atom. The molecule has 0 saturated carbocycles. The van der Waals surface area contributed by atoms with Crippen LogP contribution in [0.4, 0.5) is 0 Å². The Morgan fingerprint density at radius 2 is 2.25 bits per heavy atom. The summed E-state index contributed by atoms with van der Waals surface area (Å²) in [5.74, 6) is 1.11. The van der Waals surface area contributed by atoms with Gasteiger partial charge < -0.3 is 15.5 Å². The van der Waals surface area contributed by atoms with Crippen molar-refractivity contribution in [1.82, 2.24) is 5.32 Å². The average molecular weight is 219 g/mol. The van der Waals surface area contributed by atoms with E-state index in [1.165, 1.54) is 5.70 Å². The van der Waals surface area contributed by atoms with Crippen molar-refractivity contribution in [2.24, 2.45) is 17.8 Å². The van der Waals surface area contributed by atoms with Gasteiger partial charge in [0.25, 0.3) is 0 Å². The minimum absolute atomic E-state index is 0.139. The highest BCUT2D eigenvalue weighted by Crippen LogP contribution is 2.40. The summed E-state index contributed by atoms with van der Waals surface area (Å²) in [5, 5.41) is 23.1. The SMILES string of the molecule is OC1=CC2C(C=C1)CNC1=CCCC(O)C12. The van der Waals surface area contributed by atoms with Gasteiger partial charge in [-0.2, -0.15) is 0 Å². The van der Waals surface area contributed by atoms with Crippen molar-refractivity contribution in [3.8, 4) is 0 Å². The maximum absolute atomic E-state index is 10.1. The van der Waals surface area contributed by atoms with Gasteiger partial charge in [0.05, 0.1) is 6.10 Å². The lowest BCUT2D eigenvalue weighted by molar-refractivity contribution is 0.0629. The Labute approximate surface area is 95.2 Å². The molecule has 86 valence electrons. The molecule has 4 unspecified atom stereocenters. The zero-order chi connectivity index (χ0) is 11.1. The van der Waals surface area contributed by atoms with Gasteiger partial charge in [0.15, 0.2) is 0 Å². The topological polar surface area (TPSA) is 52.5 Å².